The van der Waals surface area contributed by atoms with Gasteiger partial charge in [-0.15, -0.1) is 0 Å². The third-order valence-electron chi connectivity index (χ3n) is 3.42. The van der Waals surface area contributed by atoms with E-state index in [1.807, 2.05) is 48.5 Å². The van der Waals surface area contributed by atoms with E-state index in [0.717, 1.165) is 21.6 Å². The topological polar surface area (TPSA) is 68.3 Å². The lowest BCUT2D eigenvalue weighted by Gasteiger charge is -2.10. The van der Waals surface area contributed by atoms with Crippen molar-refractivity contribution in [3.05, 3.63) is 59.2 Å². The van der Waals surface area contributed by atoms with Crippen LogP contribution in [0.3, 0.4) is 0 Å². The lowest BCUT2D eigenvalue weighted by Crippen LogP contribution is -2.00. The van der Waals surface area contributed by atoms with E-state index in [4.69, 9.17) is 9.47 Å². The van der Waals surface area contributed by atoms with Crippen molar-refractivity contribution in [2.24, 2.45) is 0 Å². The minimum absolute atomic E-state index is 0.251. The summed E-state index contributed by atoms with van der Waals surface area (Å²) >= 11 is 3.51. The Bertz CT molecular complexity index is 888. The Hall–Kier alpha value is -2.80. The lowest BCUT2D eigenvalue weighted by molar-refractivity contribution is 0.174. The number of anilines is 4. The number of fused-ring (bicyclic) bond motifs is 1. The molecule has 120 valence electrons. The molecule has 0 fully saturated rings. The summed E-state index contributed by atoms with van der Waals surface area (Å²) in [4.78, 5) is 8.72. The molecule has 4 rings (SSSR count). The molecule has 0 bridgehead atoms. The molecule has 0 saturated heterocycles. The van der Waals surface area contributed by atoms with Gasteiger partial charge < -0.3 is 20.1 Å². The molecule has 0 spiro atoms. The molecular formula is C17H13BrN4O2. The van der Waals surface area contributed by atoms with Gasteiger partial charge in [-0.05, 0) is 46.3 Å². The van der Waals surface area contributed by atoms with Crippen LogP contribution in [-0.4, -0.2) is 16.8 Å². The van der Waals surface area contributed by atoms with E-state index >= 15 is 0 Å². The number of nitrogens with zero attached hydrogens (tertiary/aromatic N) is 2. The number of hydrogen-bond donors (Lipinski definition) is 2. The normalized spacial score (nSPS) is 12.0. The van der Waals surface area contributed by atoms with Crippen LogP contribution in [0.15, 0.2) is 59.2 Å². The van der Waals surface area contributed by atoms with Crippen LogP contribution in [0.4, 0.5) is 23.1 Å². The molecule has 7 heteroatoms. The number of nitrogens with one attached hydrogen (secondary N) is 2. The van der Waals surface area contributed by atoms with E-state index in [2.05, 4.69) is 36.5 Å². The molecular weight excluding hydrogens is 372 g/mol. The van der Waals surface area contributed by atoms with Crippen molar-refractivity contribution in [2.45, 2.75) is 0 Å². The molecule has 3 aromatic rings. The summed E-state index contributed by atoms with van der Waals surface area (Å²) in [5.74, 6) is 2.64. The van der Waals surface area contributed by atoms with Crippen LogP contribution in [0.25, 0.3) is 0 Å². The summed E-state index contributed by atoms with van der Waals surface area (Å²) in [6.07, 6.45) is 1.70. The van der Waals surface area contributed by atoms with Gasteiger partial charge in [-0.2, -0.15) is 4.98 Å². The summed E-state index contributed by atoms with van der Waals surface area (Å²) in [7, 11) is 0. The fraction of sp³-hybridized carbons (Fsp3) is 0.0588. The lowest BCUT2D eigenvalue weighted by atomic mass is 10.3. The second-order valence-electron chi connectivity index (χ2n) is 5.06. The van der Waals surface area contributed by atoms with Gasteiger partial charge >= 0.3 is 0 Å². The summed E-state index contributed by atoms with van der Waals surface area (Å²) in [5.41, 5.74) is 1.77. The van der Waals surface area contributed by atoms with Crippen LogP contribution in [0.1, 0.15) is 0 Å². The summed E-state index contributed by atoms with van der Waals surface area (Å²) in [5, 5.41) is 6.42. The zero-order chi connectivity index (χ0) is 16.4. The third-order valence-corrected chi connectivity index (χ3v) is 4.11. The second kappa shape index (κ2) is 6.37. The molecule has 2 N–H and O–H groups in total. The van der Waals surface area contributed by atoms with Crippen molar-refractivity contribution in [3.63, 3.8) is 0 Å². The highest BCUT2D eigenvalue weighted by Crippen LogP contribution is 2.34. The van der Waals surface area contributed by atoms with Crippen molar-refractivity contribution in [3.8, 4) is 11.5 Å². The Kier molecular flexibility index (Phi) is 3.92. The van der Waals surface area contributed by atoms with E-state index < -0.39 is 0 Å². The van der Waals surface area contributed by atoms with Crippen LogP contribution in [0.2, 0.25) is 0 Å². The van der Waals surface area contributed by atoms with Crippen molar-refractivity contribution < 1.29 is 9.47 Å². The average molecular weight is 385 g/mol. The average Bonchev–Trinajstić information content (AvgIpc) is 3.05. The van der Waals surface area contributed by atoms with Crippen LogP contribution in [-0.2, 0) is 0 Å². The van der Waals surface area contributed by atoms with Gasteiger partial charge in [0.25, 0.3) is 0 Å². The first kappa shape index (κ1) is 14.8. The molecule has 0 unspecified atom stereocenters. The maximum atomic E-state index is 5.37. The predicted molar refractivity (Wildman–Crippen MR) is 95.3 cm³/mol. The number of ether oxygens (including phenoxy) is 2. The van der Waals surface area contributed by atoms with E-state index in [1.54, 1.807) is 6.20 Å². The predicted octanol–water partition coefficient (Wildman–Crippen LogP) is 4.46. The highest BCUT2D eigenvalue weighted by molar-refractivity contribution is 9.10. The number of hydrogen-bond acceptors (Lipinski definition) is 6. The molecule has 1 aliphatic rings. The van der Waals surface area contributed by atoms with Gasteiger partial charge in [-0.1, -0.05) is 12.1 Å². The van der Waals surface area contributed by atoms with Gasteiger partial charge in [-0.25, -0.2) is 4.98 Å². The third kappa shape index (κ3) is 3.11. The summed E-state index contributed by atoms with van der Waals surface area (Å²) in [6, 6.07) is 15.3. The van der Waals surface area contributed by atoms with E-state index in [1.165, 1.54) is 0 Å². The van der Waals surface area contributed by atoms with Crippen LogP contribution >= 0.6 is 15.9 Å². The number of aromatic nitrogens is 2. The van der Waals surface area contributed by atoms with Crippen molar-refractivity contribution in [1.82, 2.24) is 9.97 Å². The molecule has 24 heavy (non-hydrogen) atoms. The summed E-state index contributed by atoms with van der Waals surface area (Å²) < 4.78 is 11.6. The zero-order valence-corrected chi connectivity index (χ0v) is 14.1. The molecule has 1 aromatic heterocycles. The molecule has 2 heterocycles. The Morgan fingerprint density at radius 1 is 0.958 bits per heavy atom. The maximum absolute atomic E-state index is 5.37. The highest BCUT2D eigenvalue weighted by Gasteiger charge is 2.13. The number of benzene rings is 2. The fourth-order valence-corrected chi connectivity index (χ4v) is 2.68. The SMILES string of the molecule is Brc1ccccc1Nc1ccnc(Nc2ccc3c(c2)OCO3)n1. The Morgan fingerprint density at radius 3 is 2.75 bits per heavy atom. The minimum atomic E-state index is 0.251. The first-order valence-electron chi connectivity index (χ1n) is 7.29. The van der Waals surface area contributed by atoms with Gasteiger partial charge in [0.1, 0.15) is 5.82 Å². The summed E-state index contributed by atoms with van der Waals surface area (Å²) in [6.45, 7) is 0.251. The second-order valence-corrected chi connectivity index (χ2v) is 5.92. The van der Waals surface area contributed by atoms with Crippen molar-refractivity contribution in [1.29, 1.82) is 0 Å². The van der Waals surface area contributed by atoms with E-state index in [-0.39, 0.29) is 6.79 Å². The Morgan fingerprint density at radius 2 is 1.83 bits per heavy atom. The van der Waals surface area contributed by atoms with Gasteiger partial charge in [0.15, 0.2) is 11.5 Å². The minimum Gasteiger partial charge on any atom is -0.454 e. The molecule has 0 atom stereocenters. The number of para-hydroxylation sites is 1. The van der Waals surface area contributed by atoms with Gasteiger partial charge in [0.2, 0.25) is 12.7 Å². The standard InChI is InChI=1S/C17H13BrN4O2/c18-12-3-1-2-4-13(12)21-16-7-8-19-17(22-16)20-11-5-6-14-15(9-11)24-10-23-14/h1-9H,10H2,(H2,19,20,21,22). The van der Waals surface area contributed by atoms with Gasteiger partial charge in [0.05, 0.1) is 5.69 Å². The van der Waals surface area contributed by atoms with E-state index in [0.29, 0.717) is 17.5 Å². The Balaban J connectivity index is 1.53. The van der Waals surface area contributed by atoms with E-state index in [9.17, 15) is 0 Å². The first-order chi connectivity index (χ1) is 11.8. The molecule has 0 saturated carbocycles. The molecule has 2 aromatic carbocycles. The van der Waals surface area contributed by atoms with Crippen molar-refractivity contribution >= 4 is 39.1 Å². The molecule has 0 amide bonds. The highest BCUT2D eigenvalue weighted by atomic mass is 79.9. The van der Waals surface area contributed by atoms with Gasteiger partial charge in [0, 0.05) is 22.4 Å². The fourth-order valence-electron chi connectivity index (χ4n) is 2.29. The van der Waals surface area contributed by atoms with Gasteiger partial charge in [-0.3, -0.25) is 0 Å². The number of halogens is 1. The molecule has 0 radical (unpaired) electrons. The monoisotopic (exact) mass is 384 g/mol. The number of rotatable bonds is 4. The van der Waals surface area contributed by atoms with Crippen LogP contribution < -0.4 is 20.1 Å². The first-order valence-corrected chi connectivity index (χ1v) is 8.08. The van der Waals surface area contributed by atoms with Crippen molar-refractivity contribution in [2.75, 3.05) is 17.4 Å². The molecule has 0 aliphatic carbocycles. The van der Waals surface area contributed by atoms with Crippen LogP contribution in [0.5, 0.6) is 11.5 Å². The largest absolute Gasteiger partial charge is 0.454 e. The Labute approximate surface area is 147 Å². The zero-order valence-electron chi connectivity index (χ0n) is 12.5. The smallest absolute Gasteiger partial charge is 0.231 e. The molecule has 6 nitrogen and oxygen atoms in total. The molecule has 1 aliphatic heterocycles. The quantitative estimate of drug-likeness (QED) is 0.692. The van der Waals surface area contributed by atoms with Crippen LogP contribution in [0, 0.1) is 0 Å². The maximum Gasteiger partial charge on any atom is 0.231 e.